The van der Waals surface area contributed by atoms with Crippen LogP contribution in [0, 0.1) is 6.92 Å². The third kappa shape index (κ3) is 3.52. The first kappa shape index (κ1) is 14.4. The molecule has 0 unspecified atom stereocenters. The van der Waals surface area contributed by atoms with Gasteiger partial charge in [0, 0.05) is 13.1 Å². The first-order chi connectivity index (χ1) is 9.11. The third-order valence-corrected chi connectivity index (χ3v) is 3.40. The molecule has 1 aromatic rings. The molecule has 1 aliphatic rings. The first-order valence-electron chi connectivity index (χ1n) is 6.50. The molecule has 0 saturated carbocycles. The van der Waals surface area contributed by atoms with E-state index in [0.29, 0.717) is 13.1 Å². The number of hydrogen-bond donors (Lipinski definition) is 4. The predicted octanol–water partition coefficient (Wildman–Crippen LogP) is -0.434. The molecule has 5 heteroatoms. The number of rotatable bonds is 5. The van der Waals surface area contributed by atoms with Gasteiger partial charge >= 0.3 is 0 Å². The van der Waals surface area contributed by atoms with E-state index in [4.69, 9.17) is 9.84 Å². The lowest BCUT2D eigenvalue weighted by Gasteiger charge is -2.15. The Morgan fingerprint density at radius 1 is 1.21 bits per heavy atom. The second-order valence-electron chi connectivity index (χ2n) is 5.00. The highest BCUT2D eigenvalue weighted by atomic mass is 16.6. The van der Waals surface area contributed by atoms with Crippen LogP contribution in [0.4, 0.5) is 0 Å². The van der Waals surface area contributed by atoms with Crippen molar-refractivity contribution in [2.24, 2.45) is 0 Å². The predicted molar refractivity (Wildman–Crippen MR) is 70.6 cm³/mol. The van der Waals surface area contributed by atoms with Gasteiger partial charge in [-0.1, -0.05) is 29.8 Å². The normalized spacial score (nSPS) is 30.7. The minimum absolute atomic E-state index is 0.285. The van der Waals surface area contributed by atoms with Gasteiger partial charge in [-0.05, 0) is 12.5 Å². The molecule has 1 heterocycles. The number of ether oxygens (including phenoxy) is 1. The lowest BCUT2D eigenvalue weighted by atomic mass is 10.1. The Morgan fingerprint density at radius 3 is 2.58 bits per heavy atom. The van der Waals surface area contributed by atoms with Gasteiger partial charge in [-0.25, -0.2) is 0 Å². The number of aliphatic hydroxyl groups excluding tert-OH is 3. The molecule has 1 aromatic carbocycles. The van der Waals surface area contributed by atoms with Crippen molar-refractivity contribution in [2.45, 2.75) is 37.9 Å². The summed E-state index contributed by atoms with van der Waals surface area (Å²) in [6, 6.07) is 8.15. The summed E-state index contributed by atoms with van der Waals surface area (Å²) in [5.74, 6) is 0. The Kier molecular flexibility index (Phi) is 4.90. The molecule has 0 bridgehead atoms. The van der Waals surface area contributed by atoms with E-state index in [1.165, 1.54) is 5.56 Å². The molecule has 0 aromatic heterocycles. The van der Waals surface area contributed by atoms with Crippen LogP contribution in [0.15, 0.2) is 24.3 Å². The summed E-state index contributed by atoms with van der Waals surface area (Å²) in [6.45, 7) is 2.86. The fourth-order valence-electron chi connectivity index (χ4n) is 2.33. The summed E-state index contributed by atoms with van der Waals surface area (Å²) < 4.78 is 5.38. The number of nitrogens with one attached hydrogen (secondary N) is 1. The molecule has 0 aliphatic carbocycles. The van der Waals surface area contributed by atoms with Gasteiger partial charge in [0.1, 0.15) is 18.3 Å². The molecule has 1 aliphatic heterocycles. The van der Waals surface area contributed by atoms with Crippen LogP contribution >= 0.6 is 0 Å². The van der Waals surface area contributed by atoms with E-state index in [-0.39, 0.29) is 6.61 Å². The highest BCUT2D eigenvalue weighted by Gasteiger charge is 2.41. The van der Waals surface area contributed by atoms with Crippen molar-refractivity contribution in [1.82, 2.24) is 5.32 Å². The van der Waals surface area contributed by atoms with Gasteiger partial charge in [-0.3, -0.25) is 0 Å². The van der Waals surface area contributed by atoms with E-state index in [1.54, 1.807) is 0 Å². The molecule has 106 valence electrons. The Bertz CT molecular complexity index is 412. The Hall–Kier alpha value is -0.980. The molecule has 5 nitrogen and oxygen atoms in total. The number of aliphatic hydroxyl groups is 3. The quantitative estimate of drug-likeness (QED) is 0.582. The van der Waals surface area contributed by atoms with Crippen LogP contribution in [-0.2, 0) is 11.3 Å². The zero-order valence-electron chi connectivity index (χ0n) is 11.0. The molecule has 4 atom stereocenters. The smallest absolute Gasteiger partial charge is 0.111 e. The summed E-state index contributed by atoms with van der Waals surface area (Å²) in [5.41, 5.74) is 2.36. The van der Waals surface area contributed by atoms with Crippen molar-refractivity contribution < 1.29 is 20.1 Å². The molecule has 0 radical (unpaired) electrons. The average molecular weight is 267 g/mol. The Balaban J connectivity index is 1.80. The van der Waals surface area contributed by atoms with Crippen LogP contribution in [0.25, 0.3) is 0 Å². The number of aryl methyl sites for hydroxylation is 1. The molecule has 1 saturated heterocycles. The third-order valence-electron chi connectivity index (χ3n) is 3.40. The van der Waals surface area contributed by atoms with Gasteiger partial charge in [0.05, 0.1) is 12.7 Å². The SMILES string of the molecule is Cc1cccc(CNC[C@H]2O[C@H](CO)[C@@H](O)[C@@H]2O)c1. The molecule has 19 heavy (non-hydrogen) atoms. The van der Waals surface area contributed by atoms with Crippen molar-refractivity contribution in [3.63, 3.8) is 0 Å². The molecule has 2 rings (SSSR count). The number of hydrogen-bond acceptors (Lipinski definition) is 5. The summed E-state index contributed by atoms with van der Waals surface area (Å²) in [4.78, 5) is 0. The van der Waals surface area contributed by atoms with Crippen LogP contribution in [-0.4, -0.2) is 52.9 Å². The van der Waals surface area contributed by atoms with E-state index >= 15 is 0 Å². The highest BCUT2D eigenvalue weighted by molar-refractivity contribution is 5.21. The topological polar surface area (TPSA) is 82.0 Å². The summed E-state index contributed by atoms with van der Waals surface area (Å²) in [5, 5.41) is 31.6. The fourth-order valence-corrected chi connectivity index (χ4v) is 2.33. The highest BCUT2D eigenvalue weighted by Crippen LogP contribution is 2.20. The van der Waals surface area contributed by atoms with Gasteiger partial charge in [0.15, 0.2) is 0 Å². The largest absolute Gasteiger partial charge is 0.394 e. The summed E-state index contributed by atoms with van der Waals surface area (Å²) in [6.07, 6.45) is -3.16. The Morgan fingerprint density at radius 2 is 1.95 bits per heavy atom. The molecular formula is C14H21NO4. The van der Waals surface area contributed by atoms with E-state index < -0.39 is 24.4 Å². The van der Waals surface area contributed by atoms with Crippen LogP contribution in [0.5, 0.6) is 0 Å². The van der Waals surface area contributed by atoms with Crippen molar-refractivity contribution in [3.05, 3.63) is 35.4 Å². The minimum atomic E-state index is -1.02. The fraction of sp³-hybridized carbons (Fsp3) is 0.571. The van der Waals surface area contributed by atoms with Gasteiger partial charge in [0.2, 0.25) is 0 Å². The van der Waals surface area contributed by atoms with Gasteiger partial charge in [-0.2, -0.15) is 0 Å². The lowest BCUT2D eigenvalue weighted by molar-refractivity contribution is -0.0213. The maximum atomic E-state index is 9.77. The Labute approximate surface area is 112 Å². The van der Waals surface area contributed by atoms with Gasteiger partial charge in [-0.15, -0.1) is 0 Å². The van der Waals surface area contributed by atoms with Crippen LogP contribution < -0.4 is 5.32 Å². The molecule has 0 amide bonds. The second-order valence-corrected chi connectivity index (χ2v) is 5.00. The van der Waals surface area contributed by atoms with E-state index in [1.807, 2.05) is 25.1 Å². The molecule has 0 spiro atoms. The monoisotopic (exact) mass is 267 g/mol. The second kappa shape index (κ2) is 6.45. The first-order valence-corrected chi connectivity index (χ1v) is 6.50. The van der Waals surface area contributed by atoms with Crippen molar-refractivity contribution >= 4 is 0 Å². The summed E-state index contributed by atoms with van der Waals surface area (Å²) >= 11 is 0. The average Bonchev–Trinajstić information content (AvgIpc) is 2.67. The lowest BCUT2D eigenvalue weighted by Crippen LogP contribution is -2.38. The zero-order chi connectivity index (χ0) is 13.8. The van der Waals surface area contributed by atoms with E-state index in [2.05, 4.69) is 11.4 Å². The molecule has 1 fully saturated rings. The zero-order valence-corrected chi connectivity index (χ0v) is 11.0. The van der Waals surface area contributed by atoms with E-state index in [0.717, 1.165) is 5.56 Å². The van der Waals surface area contributed by atoms with Gasteiger partial charge < -0.3 is 25.4 Å². The molecule has 4 N–H and O–H groups in total. The summed E-state index contributed by atoms with van der Waals surface area (Å²) in [7, 11) is 0. The maximum absolute atomic E-state index is 9.77. The van der Waals surface area contributed by atoms with Gasteiger partial charge in [0.25, 0.3) is 0 Å². The standard InChI is InChI=1S/C14H21NO4/c1-9-3-2-4-10(5-9)6-15-7-11-13(17)14(18)12(8-16)19-11/h2-5,11-18H,6-8H2,1H3/t11-,12-,13-,14-/m1/s1. The van der Waals surface area contributed by atoms with Crippen molar-refractivity contribution in [3.8, 4) is 0 Å². The minimum Gasteiger partial charge on any atom is -0.394 e. The van der Waals surface area contributed by atoms with Crippen molar-refractivity contribution in [1.29, 1.82) is 0 Å². The maximum Gasteiger partial charge on any atom is 0.111 e. The van der Waals surface area contributed by atoms with E-state index in [9.17, 15) is 10.2 Å². The molecular weight excluding hydrogens is 246 g/mol. The van der Waals surface area contributed by atoms with Crippen LogP contribution in [0.1, 0.15) is 11.1 Å². The van der Waals surface area contributed by atoms with Crippen LogP contribution in [0.2, 0.25) is 0 Å². The number of benzene rings is 1. The van der Waals surface area contributed by atoms with Crippen molar-refractivity contribution in [2.75, 3.05) is 13.2 Å². The van der Waals surface area contributed by atoms with Crippen LogP contribution in [0.3, 0.4) is 0 Å².